The number of carbonyl (C=O) groups is 3. The van der Waals surface area contributed by atoms with Gasteiger partial charge in [-0.15, -0.1) is 11.8 Å². The van der Waals surface area contributed by atoms with Gasteiger partial charge in [0.2, 0.25) is 11.8 Å². The van der Waals surface area contributed by atoms with Crippen LogP contribution in [0.4, 0.5) is 0 Å². The Kier molecular flexibility index (Phi) is 4.43. The van der Waals surface area contributed by atoms with Gasteiger partial charge in [-0.25, -0.2) is 0 Å². The second-order valence-corrected chi connectivity index (χ2v) is 11.7. The molecule has 7 heteroatoms. The minimum absolute atomic E-state index is 0.0152. The Morgan fingerprint density at radius 2 is 1.61 bits per heavy atom. The molecule has 2 N–H and O–H groups in total. The molecule has 4 saturated carbocycles. The summed E-state index contributed by atoms with van der Waals surface area (Å²) in [6, 6.07) is 9.43. The van der Waals surface area contributed by atoms with Crippen LogP contribution in [0.5, 0.6) is 0 Å². The molecule has 6 nitrogen and oxygen atoms in total. The van der Waals surface area contributed by atoms with E-state index in [0.717, 1.165) is 24.8 Å². The summed E-state index contributed by atoms with van der Waals surface area (Å²) in [6.07, 6.45) is 7.87. The number of hydrogen-bond donors (Lipinski definition) is 2. The van der Waals surface area contributed by atoms with E-state index in [0.29, 0.717) is 36.3 Å². The van der Waals surface area contributed by atoms with Gasteiger partial charge in [0.15, 0.2) is 0 Å². The van der Waals surface area contributed by atoms with Crippen LogP contribution in [0, 0.1) is 23.2 Å². The fourth-order valence-electron chi connectivity index (χ4n) is 7.56. The van der Waals surface area contributed by atoms with Crippen molar-refractivity contribution in [2.45, 2.75) is 62.3 Å². The normalized spacial score (nSPS) is 40.1. The minimum atomic E-state index is -0.558. The van der Waals surface area contributed by atoms with Crippen LogP contribution in [0.1, 0.15) is 56.9 Å². The molecule has 2 aliphatic heterocycles. The quantitative estimate of drug-likeness (QED) is 0.710. The lowest BCUT2D eigenvalue weighted by atomic mass is 9.49. The van der Waals surface area contributed by atoms with E-state index in [9.17, 15) is 14.4 Å². The zero-order valence-corrected chi connectivity index (χ0v) is 18.5. The predicted octanol–water partition coefficient (Wildman–Crippen LogP) is 2.94. The van der Waals surface area contributed by atoms with Crippen LogP contribution in [0.2, 0.25) is 0 Å². The molecule has 6 aliphatic rings. The average Bonchev–Trinajstić information content (AvgIpc) is 3.31. The van der Waals surface area contributed by atoms with Crippen LogP contribution < -0.4 is 10.9 Å². The highest BCUT2D eigenvalue weighted by atomic mass is 32.2. The molecule has 4 bridgehead atoms. The van der Waals surface area contributed by atoms with Crippen molar-refractivity contribution in [3.8, 4) is 0 Å². The van der Waals surface area contributed by atoms with E-state index >= 15 is 0 Å². The van der Waals surface area contributed by atoms with Crippen LogP contribution in [0.15, 0.2) is 30.3 Å². The first-order chi connectivity index (χ1) is 15.0. The van der Waals surface area contributed by atoms with Crippen LogP contribution in [-0.2, 0) is 19.3 Å². The highest BCUT2D eigenvalue weighted by molar-refractivity contribution is 8.00. The summed E-state index contributed by atoms with van der Waals surface area (Å²) >= 11 is 1.67. The van der Waals surface area contributed by atoms with Crippen molar-refractivity contribution in [1.29, 1.82) is 0 Å². The molecule has 1 aromatic carbocycles. The van der Waals surface area contributed by atoms with Gasteiger partial charge in [-0.3, -0.25) is 25.2 Å². The third kappa shape index (κ3) is 2.95. The van der Waals surface area contributed by atoms with E-state index in [2.05, 4.69) is 10.9 Å². The van der Waals surface area contributed by atoms with Crippen molar-refractivity contribution in [2.24, 2.45) is 23.2 Å². The molecule has 4 aliphatic carbocycles. The van der Waals surface area contributed by atoms with Crippen LogP contribution in [0.3, 0.4) is 0 Å². The Morgan fingerprint density at radius 3 is 2.26 bits per heavy atom. The van der Waals surface area contributed by atoms with E-state index in [4.69, 9.17) is 0 Å². The first-order valence-electron chi connectivity index (χ1n) is 11.6. The van der Waals surface area contributed by atoms with Gasteiger partial charge in [-0.1, -0.05) is 30.3 Å². The number of hydrogen-bond acceptors (Lipinski definition) is 4. The molecule has 6 fully saturated rings. The van der Waals surface area contributed by atoms with E-state index in [1.807, 2.05) is 30.3 Å². The summed E-state index contributed by atoms with van der Waals surface area (Å²) in [4.78, 5) is 40.3. The number of carbonyl (C=O) groups excluding carboxylic acids is 3. The molecule has 1 aromatic rings. The van der Waals surface area contributed by atoms with Gasteiger partial charge < -0.3 is 4.90 Å². The van der Waals surface area contributed by atoms with Gasteiger partial charge in [-0.05, 0) is 68.3 Å². The highest BCUT2D eigenvalue weighted by Crippen LogP contribution is 2.60. The highest BCUT2D eigenvalue weighted by Gasteiger charge is 2.57. The molecule has 2 heterocycles. The van der Waals surface area contributed by atoms with E-state index in [1.165, 1.54) is 19.3 Å². The fourth-order valence-corrected chi connectivity index (χ4v) is 9.21. The maximum Gasteiger partial charge on any atom is 0.262 e. The standard InChI is InChI=1S/C24H29N3O3S/c28-20-6-7-24(18-4-2-1-3-5-18)27(20)19(14-31-24)21(29)25-26-22(30)23-11-15-8-16(12-23)10-17(9-15)13-23/h1-5,15-17,19H,6-14H2,(H,25,29)(H,26,30). The second-order valence-electron chi connectivity index (χ2n) is 10.4. The number of nitrogens with one attached hydrogen (secondary N) is 2. The zero-order valence-electron chi connectivity index (χ0n) is 17.6. The molecule has 2 atom stereocenters. The number of thioether (sulfide) groups is 1. The summed E-state index contributed by atoms with van der Waals surface area (Å²) < 4.78 is 0. The van der Waals surface area contributed by atoms with E-state index < -0.39 is 10.9 Å². The summed E-state index contributed by atoms with van der Waals surface area (Å²) in [5.41, 5.74) is 6.25. The van der Waals surface area contributed by atoms with Crippen molar-refractivity contribution >= 4 is 29.5 Å². The van der Waals surface area contributed by atoms with Crippen molar-refractivity contribution in [3.05, 3.63) is 35.9 Å². The average molecular weight is 440 g/mol. The van der Waals surface area contributed by atoms with Crippen molar-refractivity contribution in [2.75, 3.05) is 5.75 Å². The lowest BCUT2D eigenvalue weighted by molar-refractivity contribution is -0.149. The number of nitrogens with zero attached hydrogens (tertiary/aromatic N) is 1. The molecule has 2 saturated heterocycles. The number of hydrazine groups is 1. The fraction of sp³-hybridized carbons (Fsp3) is 0.625. The summed E-state index contributed by atoms with van der Waals surface area (Å²) in [6.45, 7) is 0. The monoisotopic (exact) mass is 439 g/mol. The largest absolute Gasteiger partial charge is 0.311 e. The molecular weight excluding hydrogens is 410 g/mol. The van der Waals surface area contributed by atoms with Gasteiger partial charge >= 0.3 is 0 Å². The van der Waals surface area contributed by atoms with E-state index in [-0.39, 0.29) is 23.1 Å². The third-order valence-corrected chi connectivity index (χ3v) is 10.1. The molecule has 3 amide bonds. The maximum absolute atomic E-state index is 13.2. The SMILES string of the molecule is O=C(NNC(=O)C12CC3CC(CC(C3)C1)C2)C1CSC2(c3ccccc3)CCC(=O)N12. The molecule has 0 radical (unpaired) electrons. The Bertz CT molecular complexity index is 900. The molecule has 2 unspecified atom stereocenters. The number of rotatable bonds is 3. The lowest BCUT2D eigenvalue weighted by Gasteiger charge is -2.55. The number of amides is 3. The molecular formula is C24H29N3O3S. The third-order valence-electron chi connectivity index (χ3n) is 8.47. The number of benzene rings is 1. The summed E-state index contributed by atoms with van der Waals surface area (Å²) in [5.74, 6) is 2.28. The van der Waals surface area contributed by atoms with Gasteiger partial charge in [-0.2, -0.15) is 0 Å². The first-order valence-corrected chi connectivity index (χ1v) is 12.6. The van der Waals surface area contributed by atoms with Gasteiger partial charge in [0.25, 0.3) is 5.91 Å². The zero-order chi connectivity index (χ0) is 21.2. The van der Waals surface area contributed by atoms with Gasteiger partial charge in [0.1, 0.15) is 10.9 Å². The molecule has 0 spiro atoms. The molecule has 7 rings (SSSR count). The van der Waals surface area contributed by atoms with Gasteiger partial charge in [0, 0.05) is 12.2 Å². The summed E-state index contributed by atoms with van der Waals surface area (Å²) in [5, 5.41) is 0. The Labute approximate surface area is 186 Å². The minimum Gasteiger partial charge on any atom is -0.311 e. The van der Waals surface area contributed by atoms with Crippen LogP contribution in [0.25, 0.3) is 0 Å². The summed E-state index contributed by atoms with van der Waals surface area (Å²) in [7, 11) is 0. The topological polar surface area (TPSA) is 78.5 Å². The molecule has 164 valence electrons. The smallest absolute Gasteiger partial charge is 0.262 e. The maximum atomic E-state index is 13.2. The van der Waals surface area contributed by atoms with Crippen molar-refractivity contribution < 1.29 is 14.4 Å². The molecule has 31 heavy (non-hydrogen) atoms. The van der Waals surface area contributed by atoms with E-state index in [1.54, 1.807) is 16.7 Å². The van der Waals surface area contributed by atoms with Crippen LogP contribution in [-0.4, -0.2) is 34.4 Å². The van der Waals surface area contributed by atoms with Crippen LogP contribution >= 0.6 is 11.8 Å². The second kappa shape index (κ2) is 6.99. The molecule has 0 aromatic heterocycles. The Hall–Kier alpha value is -2.02. The van der Waals surface area contributed by atoms with Crippen molar-refractivity contribution in [3.63, 3.8) is 0 Å². The Morgan fingerprint density at radius 1 is 0.968 bits per heavy atom. The Balaban J connectivity index is 1.16. The lowest BCUT2D eigenvalue weighted by Crippen LogP contribution is -2.59. The van der Waals surface area contributed by atoms with Crippen molar-refractivity contribution in [1.82, 2.24) is 15.8 Å². The first kappa shape index (κ1) is 19.6. The number of fused-ring (bicyclic) bond motifs is 1. The predicted molar refractivity (Wildman–Crippen MR) is 117 cm³/mol. The van der Waals surface area contributed by atoms with Gasteiger partial charge in [0.05, 0.1) is 5.41 Å².